The van der Waals surface area contributed by atoms with E-state index in [0.717, 1.165) is 4.47 Å². The number of benzene rings is 2. The van der Waals surface area contributed by atoms with Crippen molar-refractivity contribution in [2.24, 2.45) is 0 Å². The standard InChI is InChI=1S/C16H12BrFN2O2S/c17-12-4-6-13(7-5-12)23(21,22)20-10-11-8-9-19-16-14(11)2-1-3-15(16)18/h1-9,20H,10H2. The molecule has 1 heterocycles. The highest BCUT2D eigenvalue weighted by atomic mass is 79.9. The molecule has 1 aromatic heterocycles. The van der Waals surface area contributed by atoms with Gasteiger partial charge in [-0.25, -0.2) is 17.5 Å². The van der Waals surface area contributed by atoms with Crippen LogP contribution >= 0.6 is 15.9 Å². The minimum Gasteiger partial charge on any atom is -0.253 e. The minimum atomic E-state index is -3.64. The molecule has 0 aliphatic heterocycles. The molecule has 0 aliphatic carbocycles. The predicted octanol–water partition coefficient (Wildman–Crippen LogP) is 3.61. The van der Waals surface area contributed by atoms with Crippen molar-refractivity contribution in [2.75, 3.05) is 0 Å². The number of hydrogen-bond donors (Lipinski definition) is 1. The van der Waals surface area contributed by atoms with Gasteiger partial charge in [0.05, 0.1) is 4.90 Å². The zero-order valence-corrected chi connectivity index (χ0v) is 14.2. The lowest BCUT2D eigenvalue weighted by atomic mass is 10.1. The number of pyridine rings is 1. The average molecular weight is 395 g/mol. The summed E-state index contributed by atoms with van der Waals surface area (Å²) in [7, 11) is -3.64. The van der Waals surface area contributed by atoms with Gasteiger partial charge in [0.2, 0.25) is 10.0 Å². The molecule has 2 aromatic carbocycles. The lowest BCUT2D eigenvalue weighted by Gasteiger charge is -2.09. The van der Waals surface area contributed by atoms with Crippen LogP contribution in [0, 0.1) is 5.82 Å². The molecule has 7 heteroatoms. The van der Waals surface area contributed by atoms with Gasteiger partial charge in [0, 0.05) is 22.6 Å². The Labute approximate surface area is 141 Å². The summed E-state index contributed by atoms with van der Waals surface area (Å²) in [5.41, 5.74) is 0.892. The molecule has 3 aromatic rings. The number of para-hydroxylation sites is 1. The van der Waals surface area contributed by atoms with Gasteiger partial charge >= 0.3 is 0 Å². The average Bonchev–Trinajstić information content (AvgIpc) is 2.54. The molecule has 118 valence electrons. The third-order valence-corrected chi connectivity index (χ3v) is 5.33. The molecular formula is C16H12BrFN2O2S. The topological polar surface area (TPSA) is 59.1 Å². The largest absolute Gasteiger partial charge is 0.253 e. The van der Waals surface area contributed by atoms with E-state index in [-0.39, 0.29) is 17.0 Å². The van der Waals surface area contributed by atoms with E-state index in [2.05, 4.69) is 25.6 Å². The fraction of sp³-hybridized carbons (Fsp3) is 0.0625. The quantitative estimate of drug-likeness (QED) is 0.734. The van der Waals surface area contributed by atoms with Crippen LogP contribution in [0.25, 0.3) is 10.9 Å². The second-order valence-electron chi connectivity index (χ2n) is 4.88. The number of nitrogens with one attached hydrogen (secondary N) is 1. The van der Waals surface area contributed by atoms with E-state index in [1.807, 2.05) is 0 Å². The molecule has 0 unspecified atom stereocenters. The third-order valence-electron chi connectivity index (χ3n) is 3.39. The zero-order chi connectivity index (χ0) is 16.4. The lowest BCUT2D eigenvalue weighted by molar-refractivity contribution is 0.581. The van der Waals surface area contributed by atoms with Gasteiger partial charge in [-0.05, 0) is 42.0 Å². The van der Waals surface area contributed by atoms with Gasteiger partial charge in [-0.2, -0.15) is 0 Å². The molecule has 0 spiro atoms. The molecule has 0 bridgehead atoms. The van der Waals surface area contributed by atoms with E-state index in [0.29, 0.717) is 10.9 Å². The van der Waals surface area contributed by atoms with Gasteiger partial charge in [-0.15, -0.1) is 0 Å². The van der Waals surface area contributed by atoms with Crippen molar-refractivity contribution in [3.05, 3.63) is 70.6 Å². The number of nitrogens with zero attached hydrogens (tertiary/aromatic N) is 1. The van der Waals surface area contributed by atoms with Crippen molar-refractivity contribution in [3.63, 3.8) is 0 Å². The van der Waals surface area contributed by atoms with E-state index in [9.17, 15) is 12.8 Å². The molecule has 0 radical (unpaired) electrons. The maximum Gasteiger partial charge on any atom is 0.240 e. The summed E-state index contributed by atoms with van der Waals surface area (Å²) < 4.78 is 41.7. The Morgan fingerprint density at radius 1 is 1.09 bits per heavy atom. The fourth-order valence-electron chi connectivity index (χ4n) is 2.22. The highest BCUT2D eigenvalue weighted by Crippen LogP contribution is 2.20. The molecule has 3 rings (SSSR count). The smallest absolute Gasteiger partial charge is 0.240 e. The SMILES string of the molecule is O=S(=O)(NCc1ccnc2c(F)cccc12)c1ccc(Br)cc1. The van der Waals surface area contributed by atoms with Crippen LogP contribution in [-0.4, -0.2) is 13.4 Å². The van der Waals surface area contributed by atoms with E-state index < -0.39 is 15.8 Å². The van der Waals surface area contributed by atoms with Gasteiger partial charge < -0.3 is 0 Å². The van der Waals surface area contributed by atoms with E-state index in [4.69, 9.17) is 0 Å². The summed E-state index contributed by atoms with van der Waals surface area (Å²) in [6.07, 6.45) is 1.47. The molecule has 0 fully saturated rings. The fourth-order valence-corrected chi connectivity index (χ4v) is 3.49. The number of halogens is 2. The van der Waals surface area contributed by atoms with Crippen LogP contribution in [0.5, 0.6) is 0 Å². The summed E-state index contributed by atoms with van der Waals surface area (Å²) >= 11 is 3.26. The van der Waals surface area contributed by atoms with Crippen molar-refractivity contribution in [3.8, 4) is 0 Å². The Kier molecular flexibility index (Phi) is 4.43. The van der Waals surface area contributed by atoms with Crippen LogP contribution in [0.2, 0.25) is 0 Å². The van der Waals surface area contributed by atoms with E-state index in [1.54, 1.807) is 30.3 Å². The second-order valence-corrected chi connectivity index (χ2v) is 7.57. The van der Waals surface area contributed by atoms with Crippen molar-refractivity contribution < 1.29 is 12.8 Å². The van der Waals surface area contributed by atoms with Crippen LogP contribution in [0.3, 0.4) is 0 Å². The van der Waals surface area contributed by atoms with Gasteiger partial charge in [0.1, 0.15) is 11.3 Å². The maximum absolute atomic E-state index is 13.7. The molecular weight excluding hydrogens is 383 g/mol. The van der Waals surface area contributed by atoms with Crippen LogP contribution in [0.4, 0.5) is 4.39 Å². The normalized spacial score (nSPS) is 11.7. The minimum absolute atomic E-state index is 0.0564. The molecule has 0 saturated carbocycles. The Balaban J connectivity index is 1.89. The first-order valence-corrected chi connectivity index (χ1v) is 9.02. The molecule has 0 atom stereocenters. The van der Waals surface area contributed by atoms with Crippen molar-refractivity contribution >= 4 is 36.9 Å². The Morgan fingerprint density at radius 2 is 1.83 bits per heavy atom. The first-order chi connectivity index (χ1) is 11.0. The molecule has 0 saturated heterocycles. The summed E-state index contributed by atoms with van der Waals surface area (Å²) in [6.45, 7) is 0.0564. The number of fused-ring (bicyclic) bond motifs is 1. The maximum atomic E-state index is 13.7. The summed E-state index contributed by atoms with van der Waals surface area (Å²) in [5, 5.41) is 0.589. The van der Waals surface area contributed by atoms with E-state index >= 15 is 0 Å². The Hall–Kier alpha value is -1.83. The molecule has 23 heavy (non-hydrogen) atoms. The predicted molar refractivity (Wildman–Crippen MR) is 89.9 cm³/mol. The number of aromatic nitrogens is 1. The zero-order valence-electron chi connectivity index (χ0n) is 11.8. The van der Waals surface area contributed by atoms with Crippen LogP contribution in [0.1, 0.15) is 5.56 Å². The van der Waals surface area contributed by atoms with Crippen molar-refractivity contribution in [1.82, 2.24) is 9.71 Å². The summed E-state index contributed by atoms with van der Waals surface area (Å²) in [6, 6.07) is 12.6. The second kappa shape index (κ2) is 6.35. The number of sulfonamides is 1. The van der Waals surface area contributed by atoms with Crippen molar-refractivity contribution in [2.45, 2.75) is 11.4 Å². The summed E-state index contributed by atoms with van der Waals surface area (Å²) in [4.78, 5) is 4.17. The van der Waals surface area contributed by atoms with Gasteiger partial charge in [0.15, 0.2) is 0 Å². The van der Waals surface area contributed by atoms with E-state index in [1.165, 1.54) is 24.4 Å². The molecule has 4 nitrogen and oxygen atoms in total. The lowest BCUT2D eigenvalue weighted by Crippen LogP contribution is -2.23. The van der Waals surface area contributed by atoms with Crippen LogP contribution in [0.15, 0.2) is 64.1 Å². The Bertz CT molecular complexity index is 959. The first kappa shape index (κ1) is 16.0. The van der Waals surface area contributed by atoms with Crippen LogP contribution < -0.4 is 4.72 Å². The van der Waals surface area contributed by atoms with Gasteiger partial charge in [0.25, 0.3) is 0 Å². The number of rotatable bonds is 4. The highest BCUT2D eigenvalue weighted by molar-refractivity contribution is 9.10. The van der Waals surface area contributed by atoms with Crippen LogP contribution in [-0.2, 0) is 16.6 Å². The van der Waals surface area contributed by atoms with Gasteiger partial charge in [-0.3, -0.25) is 4.98 Å². The highest BCUT2D eigenvalue weighted by Gasteiger charge is 2.14. The number of hydrogen-bond acceptors (Lipinski definition) is 3. The molecule has 0 amide bonds. The van der Waals surface area contributed by atoms with Gasteiger partial charge in [-0.1, -0.05) is 28.1 Å². The Morgan fingerprint density at radius 3 is 2.57 bits per heavy atom. The molecule has 1 N–H and O–H groups in total. The summed E-state index contributed by atoms with van der Waals surface area (Å²) in [5.74, 6) is -0.430. The monoisotopic (exact) mass is 394 g/mol. The first-order valence-electron chi connectivity index (χ1n) is 6.75. The third kappa shape index (κ3) is 3.41. The van der Waals surface area contributed by atoms with Crippen molar-refractivity contribution in [1.29, 1.82) is 0 Å². The molecule has 0 aliphatic rings.